The number of aryl methyl sites for hydroxylation is 1. The Morgan fingerprint density at radius 2 is 1.49 bits per heavy atom. The van der Waals surface area contributed by atoms with E-state index >= 15 is 0 Å². The van der Waals surface area contributed by atoms with E-state index in [1.165, 1.54) is 38.9 Å². The molecule has 0 amide bonds. The summed E-state index contributed by atoms with van der Waals surface area (Å²) in [6.45, 7) is 12.3. The van der Waals surface area contributed by atoms with Crippen molar-refractivity contribution in [2.24, 2.45) is 11.8 Å². The number of aliphatic hydroxyl groups is 1. The van der Waals surface area contributed by atoms with Crippen LogP contribution in [0.25, 0.3) is 55.1 Å². The van der Waals surface area contributed by atoms with E-state index in [4.69, 9.17) is 4.42 Å². The number of nitrogens with zero attached hydrogens (tertiary/aromatic N) is 1. The predicted molar refractivity (Wildman–Crippen MR) is 192 cm³/mol. The van der Waals surface area contributed by atoms with Crippen molar-refractivity contribution < 1.29 is 34.4 Å². The molecule has 4 nitrogen and oxygen atoms in total. The van der Waals surface area contributed by atoms with E-state index in [1.807, 2.05) is 52.1 Å². The van der Waals surface area contributed by atoms with Gasteiger partial charge in [-0.05, 0) is 72.3 Å². The molecule has 5 heteroatoms. The number of fused-ring (bicyclic) bond motifs is 5. The maximum Gasteiger partial charge on any atom is 0.162 e. The van der Waals surface area contributed by atoms with E-state index in [9.17, 15) is 9.90 Å². The summed E-state index contributed by atoms with van der Waals surface area (Å²) >= 11 is 0. The fourth-order valence-corrected chi connectivity index (χ4v) is 6.35. The number of aliphatic hydroxyl groups excluding tert-OH is 1. The topological polar surface area (TPSA) is 63.3 Å². The molecule has 1 N–H and O–H groups in total. The summed E-state index contributed by atoms with van der Waals surface area (Å²) in [6.07, 6.45) is 6.82. The Balaban J connectivity index is 0.000000269. The number of furan rings is 1. The molecule has 0 atom stereocenters. The number of hydrogen-bond donors (Lipinski definition) is 1. The van der Waals surface area contributed by atoms with Crippen molar-refractivity contribution in [2.75, 3.05) is 0 Å². The molecular weight excluding hydrogens is 759 g/mol. The summed E-state index contributed by atoms with van der Waals surface area (Å²) < 4.78 is 6.10. The number of aromatic nitrogens is 1. The number of carbonyl (C=O) groups is 1. The molecule has 0 aliphatic rings. The number of benzene rings is 4. The summed E-state index contributed by atoms with van der Waals surface area (Å²) in [5.74, 6) is 0.547. The first-order chi connectivity index (χ1) is 22.3. The third-order valence-corrected chi connectivity index (χ3v) is 9.20. The van der Waals surface area contributed by atoms with E-state index in [-0.39, 0.29) is 43.5 Å². The molecule has 47 heavy (non-hydrogen) atoms. The Morgan fingerprint density at radius 3 is 2.17 bits per heavy atom. The molecule has 4 aromatic carbocycles. The van der Waals surface area contributed by atoms with Gasteiger partial charge in [0.05, 0.1) is 5.76 Å². The molecule has 245 valence electrons. The van der Waals surface area contributed by atoms with Crippen LogP contribution < -0.4 is 0 Å². The van der Waals surface area contributed by atoms with Gasteiger partial charge in [-0.1, -0.05) is 94.8 Å². The largest absolute Gasteiger partial charge is 0.512 e. The number of carbonyl (C=O) groups excluding carboxylic acids is 1. The van der Waals surface area contributed by atoms with Crippen LogP contribution in [0.3, 0.4) is 0 Å². The number of allylic oxidation sites excluding steroid dienone is 2. The van der Waals surface area contributed by atoms with Gasteiger partial charge in [-0.3, -0.25) is 4.79 Å². The second-order valence-electron chi connectivity index (χ2n) is 12.0. The monoisotopic (exact) mass is 803 g/mol. The van der Waals surface area contributed by atoms with Gasteiger partial charge in [-0.15, -0.1) is 29.3 Å². The summed E-state index contributed by atoms with van der Waals surface area (Å²) in [5.41, 5.74) is 8.60. The zero-order valence-corrected chi connectivity index (χ0v) is 30.6. The van der Waals surface area contributed by atoms with Gasteiger partial charge in [0, 0.05) is 55.0 Å². The summed E-state index contributed by atoms with van der Waals surface area (Å²) in [4.78, 5) is 16.3. The van der Waals surface area contributed by atoms with E-state index in [2.05, 4.69) is 85.6 Å². The molecule has 6 aromatic rings. The average Bonchev–Trinajstić information content (AvgIpc) is 3.46. The minimum Gasteiger partial charge on any atom is -0.512 e. The first kappa shape index (κ1) is 35.8. The van der Waals surface area contributed by atoms with Gasteiger partial charge >= 0.3 is 0 Å². The van der Waals surface area contributed by atoms with Crippen molar-refractivity contribution in [3.8, 4) is 22.4 Å². The molecule has 0 spiro atoms. The van der Waals surface area contributed by atoms with Gasteiger partial charge in [0.25, 0.3) is 0 Å². The zero-order valence-electron chi connectivity index (χ0n) is 28.2. The Kier molecular flexibility index (Phi) is 12.3. The van der Waals surface area contributed by atoms with E-state index in [0.717, 1.165) is 59.1 Å². The predicted octanol–water partition coefficient (Wildman–Crippen LogP) is 11.8. The van der Waals surface area contributed by atoms with Crippen LogP contribution in [-0.2, 0) is 24.9 Å². The van der Waals surface area contributed by atoms with Crippen LogP contribution in [0.15, 0.2) is 101 Å². The minimum atomic E-state index is 0. The number of ketones is 1. The van der Waals surface area contributed by atoms with E-state index < -0.39 is 0 Å². The molecule has 2 aromatic heterocycles. The van der Waals surface area contributed by atoms with E-state index in [0.29, 0.717) is 0 Å². The Labute approximate surface area is 292 Å². The average molecular weight is 803 g/mol. The smallest absolute Gasteiger partial charge is 0.162 e. The van der Waals surface area contributed by atoms with Crippen molar-refractivity contribution in [3.05, 3.63) is 114 Å². The van der Waals surface area contributed by atoms with Crippen LogP contribution in [-0.4, -0.2) is 15.9 Å². The maximum absolute atomic E-state index is 11.7. The summed E-state index contributed by atoms with van der Waals surface area (Å²) in [6, 6.07) is 30.8. The van der Waals surface area contributed by atoms with Gasteiger partial charge in [0.1, 0.15) is 11.2 Å². The van der Waals surface area contributed by atoms with Crippen molar-refractivity contribution in [1.29, 1.82) is 0 Å². The zero-order chi connectivity index (χ0) is 32.8. The third-order valence-electron chi connectivity index (χ3n) is 9.20. The molecule has 1 radical (unpaired) electrons. The fourth-order valence-electron chi connectivity index (χ4n) is 6.35. The van der Waals surface area contributed by atoms with Gasteiger partial charge in [-0.25, -0.2) is 0 Å². The van der Waals surface area contributed by atoms with Crippen LogP contribution in [0.5, 0.6) is 0 Å². The van der Waals surface area contributed by atoms with Crippen LogP contribution >= 0.6 is 0 Å². The molecular formula is C42H44IrNO3-. The maximum atomic E-state index is 11.7. The first-order valence-electron chi connectivity index (χ1n) is 16.5. The molecule has 2 heterocycles. The Morgan fingerprint density at radius 1 is 0.787 bits per heavy atom. The molecule has 0 aliphatic carbocycles. The molecule has 0 saturated carbocycles. The number of pyridine rings is 1. The van der Waals surface area contributed by atoms with Gasteiger partial charge in [-0.2, -0.15) is 0 Å². The molecule has 0 unspecified atom stereocenters. The van der Waals surface area contributed by atoms with Gasteiger partial charge < -0.3 is 14.5 Å². The van der Waals surface area contributed by atoms with Crippen molar-refractivity contribution in [1.82, 2.24) is 4.98 Å². The van der Waals surface area contributed by atoms with Gasteiger partial charge in [0.2, 0.25) is 0 Å². The Hall–Kier alpha value is -4.05. The van der Waals surface area contributed by atoms with Crippen molar-refractivity contribution in [2.45, 2.75) is 67.2 Å². The summed E-state index contributed by atoms with van der Waals surface area (Å²) in [7, 11) is 0. The van der Waals surface area contributed by atoms with Crippen LogP contribution in [0, 0.1) is 31.7 Å². The molecule has 0 bridgehead atoms. The number of rotatable bonds is 9. The van der Waals surface area contributed by atoms with Crippen molar-refractivity contribution in [3.63, 3.8) is 0 Å². The molecule has 0 fully saturated rings. The Bertz CT molecular complexity index is 2000. The third kappa shape index (κ3) is 7.59. The van der Waals surface area contributed by atoms with Crippen LogP contribution in [0.2, 0.25) is 0 Å². The SMILES string of the molecule is CCC(CC)C(=O)/C=C(\O)C(CC)CC.Cc1ccc(-c2[c-]ccc(-c3cccc4c3ccc3oc5ccccc5c34)c2C)nc1.[Ir]. The normalized spacial score (nSPS) is 11.6. The van der Waals surface area contributed by atoms with E-state index in [1.54, 1.807) is 0 Å². The minimum absolute atomic E-state index is 0. The second-order valence-corrected chi connectivity index (χ2v) is 12.0. The van der Waals surface area contributed by atoms with Crippen molar-refractivity contribution >= 4 is 38.5 Å². The standard InChI is InChI=1S/C29H20NO.C13H24O2.Ir/c1-18-13-15-26(30-17-18)21-9-5-8-20(19(21)2)22-10-6-11-24-23(22)14-16-28-29(24)25-7-3-4-12-27(25)31-28;1-5-10(6-2)12(14)9-13(15)11(7-3)8-4;/h3-8,10-17H,1-2H3;9-11,14H,5-8H2,1-4H3;/q-1;;/b;12-9-;. The first-order valence-corrected chi connectivity index (χ1v) is 16.5. The fraction of sp³-hybridized carbons (Fsp3) is 0.286. The number of hydrogen-bond acceptors (Lipinski definition) is 4. The van der Waals surface area contributed by atoms with Crippen LogP contribution in [0.4, 0.5) is 0 Å². The van der Waals surface area contributed by atoms with Crippen LogP contribution in [0.1, 0.15) is 64.5 Å². The molecule has 0 saturated heterocycles. The quantitative estimate of drug-likeness (QED) is 0.0898. The number of para-hydroxylation sites is 1. The molecule has 6 rings (SSSR count). The second kappa shape index (κ2) is 16.2. The molecule has 0 aliphatic heterocycles. The summed E-state index contributed by atoms with van der Waals surface area (Å²) in [5, 5.41) is 14.5. The van der Waals surface area contributed by atoms with Gasteiger partial charge in [0.15, 0.2) is 5.78 Å².